The fourth-order valence-corrected chi connectivity index (χ4v) is 2.87. The average molecular weight is 306 g/mol. The summed E-state index contributed by atoms with van der Waals surface area (Å²) in [6, 6.07) is 5.24. The predicted octanol–water partition coefficient (Wildman–Crippen LogP) is 3.64. The molecule has 0 bridgehead atoms. The summed E-state index contributed by atoms with van der Waals surface area (Å²) in [4.78, 5) is 0. The average Bonchev–Trinajstić information content (AvgIpc) is 2.33. The lowest BCUT2D eigenvalue weighted by Crippen LogP contribution is -2.45. The van der Waals surface area contributed by atoms with Crippen molar-refractivity contribution < 1.29 is 9.13 Å². The number of hydrogen-bond acceptors (Lipinski definition) is 2. The molecule has 0 radical (unpaired) electrons. The van der Waals surface area contributed by atoms with Gasteiger partial charge >= 0.3 is 0 Å². The third kappa shape index (κ3) is 4.60. The topological polar surface area (TPSA) is 21.3 Å². The lowest BCUT2D eigenvalue weighted by Gasteiger charge is -2.30. The lowest BCUT2D eigenvalue weighted by molar-refractivity contribution is 0.0483. The summed E-state index contributed by atoms with van der Waals surface area (Å²) in [5, 5.41) is 4.35. The van der Waals surface area contributed by atoms with Gasteiger partial charge in [-0.25, -0.2) is 4.39 Å². The highest BCUT2D eigenvalue weighted by Gasteiger charge is 2.29. The van der Waals surface area contributed by atoms with Gasteiger partial charge in [0, 0.05) is 29.1 Å². The minimum Gasteiger partial charge on any atom is -0.379 e. The van der Waals surface area contributed by atoms with E-state index in [-0.39, 0.29) is 12.5 Å². The highest BCUT2D eigenvalue weighted by molar-refractivity contribution is 6.35. The monoisotopic (exact) mass is 305 g/mol. The van der Waals surface area contributed by atoms with E-state index in [9.17, 15) is 4.39 Å². The van der Waals surface area contributed by atoms with Gasteiger partial charge in [0.2, 0.25) is 0 Å². The molecule has 1 saturated heterocycles. The fraction of sp³-hybridized carbons (Fsp3) is 0.571. The Kier molecular flexibility index (Phi) is 5.07. The van der Waals surface area contributed by atoms with E-state index in [0.717, 1.165) is 12.1 Å². The molecule has 5 heteroatoms. The van der Waals surface area contributed by atoms with Gasteiger partial charge in [-0.3, -0.25) is 0 Å². The van der Waals surface area contributed by atoms with Crippen LogP contribution in [0.4, 0.5) is 4.39 Å². The molecule has 2 unspecified atom stereocenters. The van der Waals surface area contributed by atoms with Crippen molar-refractivity contribution in [3.05, 3.63) is 33.8 Å². The maximum atomic E-state index is 14.7. The summed E-state index contributed by atoms with van der Waals surface area (Å²) in [6.07, 6.45) is 0.688. The first-order valence-corrected chi connectivity index (χ1v) is 7.16. The SMILES string of the molecule is CC(F)(Cc1ccc(Cl)cc1Cl)CC1COCCN1. The number of benzene rings is 1. The van der Waals surface area contributed by atoms with E-state index in [1.54, 1.807) is 25.1 Å². The zero-order valence-corrected chi connectivity index (χ0v) is 12.4. The minimum absolute atomic E-state index is 0.0647. The Morgan fingerprint density at radius 3 is 2.89 bits per heavy atom. The Morgan fingerprint density at radius 2 is 2.26 bits per heavy atom. The van der Waals surface area contributed by atoms with Crippen LogP contribution in [0.3, 0.4) is 0 Å². The van der Waals surface area contributed by atoms with Crippen LogP contribution in [0.25, 0.3) is 0 Å². The first kappa shape index (κ1) is 15.0. The van der Waals surface area contributed by atoms with Crippen LogP contribution in [-0.2, 0) is 11.2 Å². The molecule has 2 rings (SSSR count). The number of rotatable bonds is 4. The van der Waals surface area contributed by atoms with Crippen molar-refractivity contribution in [3.8, 4) is 0 Å². The summed E-state index contributed by atoms with van der Waals surface area (Å²) in [5.41, 5.74) is -0.539. The molecule has 0 saturated carbocycles. The van der Waals surface area contributed by atoms with Crippen molar-refractivity contribution in [2.75, 3.05) is 19.8 Å². The van der Waals surface area contributed by atoms with E-state index < -0.39 is 5.67 Å². The van der Waals surface area contributed by atoms with Crippen LogP contribution in [0.2, 0.25) is 10.0 Å². The first-order chi connectivity index (χ1) is 8.96. The van der Waals surface area contributed by atoms with Crippen LogP contribution < -0.4 is 5.32 Å². The first-order valence-electron chi connectivity index (χ1n) is 6.40. The highest BCUT2D eigenvalue weighted by Crippen LogP contribution is 2.29. The van der Waals surface area contributed by atoms with Crippen molar-refractivity contribution in [1.82, 2.24) is 5.32 Å². The van der Waals surface area contributed by atoms with Crippen LogP contribution >= 0.6 is 23.2 Å². The summed E-state index contributed by atoms with van der Waals surface area (Å²) < 4.78 is 20.0. The molecular weight excluding hydrogens is 288 g/mol. The van der Waals surface area contributed by atoms with Gasteiger partial charge in [0.05, 0.1) is 13.2 Å². The van der Waals surface area contributed by atoms with Gasteiger partial charge < -0.3 is 10.1 Å². The van der Waals surface area contributed by atoms with Crippen LogP contribution in [0, 0.1) is 0 Å². The normalized spacial score (nSPS) is 23.1. The maximum Gasteiger partial charge on any atom is 0.113 e. The van der Waals surface area contributed by atoms with Crippen LogP contribution in [0.5, 0.6) is 0 Å². The summed E-state index contributed by atoms with van der Waals surface area (Å²) in [6.45, 7) is 3.65. The summed E-state index contributed by atoms with van der Waals surface area (Å²) in [5.74, 6) is 0. The second-order valence-electron chi connectivity index (χ2n) is 5.26. The third-order valence-electron chi connectivity index (χ3n) is 3.24. The molecular formula is C14H18Cl2FNO. The van der Waals surface area contributed by atoms with E-state index in [4.69, 9.17) is 27.9 Å². The zero-order valence-electron chi connectivity index (χ0n) is 10.9. The Morgan fingerprint density at radius 1 is 1.47 bits per heavy atom. The number of alkyl halides is 1. The number of halogens is 3. The number of morpholine rings is 1. The molecule has 1 N–H and O–H groups in total. The molecule has 0 amide bonds. The molecule has 2 nitrogen and oxygen atoms in total. The second kappa shape index (κ2) is 6.40. The van der Waals surface area contributed by atoms with E-state index in [1.807, 2.05) is 0 Å². The van der Waals surface area contributed by atoms with Crippen LogP contribution in [0.1, 0.15) is 18.9 Å². The maximum absolute atomic E-state index is 14.7. The Labute approximate surface area is 123 Å². The van der Waals surface area contributed by atoms with Crippen molar-refractivity contribution in [3.63, 3.8) is 0 Å². The highest BCUT2D eigenvalue weighted by atomic mass is 35.5. The van der Waals surface area contributed by atoms with Gasteiger partial charge in [0.15, 0.2) is 0 Å². The lowest BCUT2D eigenvalue weighted by atomic mass is 9.91. The number of ether oxygens (including phenoxy) is 1. The molecule has 2 atom stereocenters. The largest absolute Gasteiger partial charge is 0.379 e. The molecule has 1 aliphatic heterocycles. The molecule has 19 heavy (non-hydrogen) atoms. The van der Waals surface area contributed by atoms with E-state index in [2.05, 4.69) is 5.32 Å². The third-order valence-corrected chi connectivity index (χ3v) is 3.83. The van der Waals surface area contributed by atoms with Crippen molar-refractivity contribution in [2.24, 2.45) is 0 Å². The van der Waals surface area contributed by atoms with Gasteiger partial charge in [0.25, 0.3) is 0 Å². The van der Waals surface area contributed by atoms with Crippen molar-refractivity contribution in [2.45, 2.75) is 31.5 Å². The smallest absolute Gasteiger partial charge is 0.113 e. The summed E-state index contributed by atoms with van der Waals surface area (Å²) in [7, 11) is 0. The van der Waals surface area contributed by atoms with Gasteiger partial charge in [-0.15, -0.1) is 0 Å². The van der Waals surface area contributed by atoms with Gasteiger partial charge in [-0.1, -0.05) is 29.3 Å². The van der Waals surface area contributed by atoms with E-state index in [0.29, 0.717) is 29.7 Å². The molecule has 1 heterocycles. The van der Waals surface area contributed by atoms with Gasteiger partial charge in [-0.2, -0.15) is 0 Å². The second-order valence-corrected chi connectivity index (χ2v) is 6.10. The number of nitrogens with one attached hydrogen (secondary N) is 1. The molecule has 1 aliphatic rings. The standard InChI is InChI=1S/C14H18Cl2FNO/c1-14(17,8-12-9-19-5-4-18-12)7-10-2-3-11(15)6-13(10)16/h2-3,6,12,18H,4-5,7-9H2,1H3. The molecule has 0 spiro atoms. The quantitative estimate of drug-likeness (QED) is 0.917. The molecule has 106 valence electrons. The Hall–Kier alpha value is -0.350. The van der Waals surface area contributed by atoms with E-state index >= 15 is 0 Å². The van der Waals surface area contributed by atoms with Crippen molar-refractivity contribution in [1.29, 1.82) is 0 Å². The Balaban J connectivity index is 1.99. The molecule has 0 aliphatic carbocycles. The van der Waals surface area contributed by atoms with Crippen LogP contribution in [-0.4, -0.2) is 31.5 Å². The fourth-order valence-electron chi connectivity index (χ4n) is 2.40. The number of hydrogen-bond donors (Lipinski definition) is 1. The van der Waals surface area contributed by atoms with Crippen LogP contribution in [0.15, 0.2) is 18.2 Å². The Bertz CT molecular complexity index is 433. The van der Waals surface area contributed by atoms with Gasteiger partial charge in [-0.05, 0) is 31.0 Å². The van der Waals surface area contributed by atoms with Crippen molar-refractivity contribution >= 4 is 23.2 Å². The minimum atomic E-state index is -1.32. The predicted molar refractivity (Wildman–Crippen MR) is 76.9 cm³/mol. The molecule has 1 aromatic carbocycles. The molecule has 1 fully saturated rings. The zero-order chi connectivity index (χ0) is 13.9. The molecule has 0 aromatic heterocycles. The molecule has 1 aromatic rings. The summed E-state index contributed by atoms with van der Waals surface area (Å²) >= 11 is 11.9. The van der Waals surface area contributed by atoms with E-state index in [1.165, 1.54) is 0 Å². The van der Waals surface area contributed by atoms with Gasteiger partial charge in [0.1, 0.15) is 5.67 Å².